The van der Waals surface area contributed by atoms with Gasteiger partial charge in [0, 0.05) is 48.2 Å². The number of fused-ring (bicyclic) bond motifs is 2. The van der Waals surface area contributed by atoms with Gasteiger partial charge in [0.1, 0.15) is 6.61 Å². The molecule has 0 atom stereocenters. The number of aliphatic hydroxyl groups is 1. The first-order valence-electron chi connectivity index (χ1n) is 17.5. The zero-order chi connectivity index (χ0) is 35.0. The molecule has 9 nitrogen and oxygen atoms in total. The van der Waals surface area contributed by atoms with Crippen LogP contribution in [0.2, 0.25) is 0 Å². The van der Waals surface area contributed by atoms with Crippen LogP contribution in [0.5, 0.6) is 0 Å². The number of rotatable bonds is 23. The van der Waals surface area contributed by atoms with Gasteiger partial charge in [0.15, 0.2) is 12.3 Å². The van der Waals surface area contributed by atoms with Crippen molar-refractivity contribution in [1.29, 1.82) is 0 Å². The molecule has 2 aromatic carbocycles. The van der Waals surface area contributed by atoms with Gasteiger partial charge < -0.3 is 38.4 Å². The smallest absolute Gasteiger partial charge is 0.209 e. The number of methoxy groups -OCH3 is 1. The van der Waals surface area contributed by atoms with Crippen LogP contribution in [0.15, 0.2) is 84.6 Å². The third-order valence-electron chi connectivity index (χ3n) is 9.03. The number of allylic oxidation sites excluding steroid dienone is 6. The molecular formula is C40H57N2O7+. The molecule has 268 valence electrons. The molecule has 0 aromatic heterocycles. The Kier molecular flexibility index (Phi) is 15.7. The number of ether oxygens (including phenoxy) is 6. The van der Waals surface area contributed by atoms with Crippen LogP contribution >= 0.6 is 0 Å². The Morgan fingerprint density at radius 2 is 1.24 bits per heavy atom. The molecule has 9 heteroatoms. The van der Waals surface area contributed by atoms with E-state index in [-0.39, 0.29) is 17.4 Å². The molecule has 0 fully saturated rings. The van der Waals surface area contributed by atoms with E-state index in [1.165, 1.54) is 33.9 Å². The summed E-state index contributed by atoms with van der Waals surface area (Å²) in [6.07, 6.45) is 10.9. The van der Waals surface area contributed by atoms with E-state index in [9.17, 15) is 0 Å². The summed E-state index contributed by atoms with van der Waals surface area (Å²) in [5, 5.41) is 8.90. The summed E-state index contributed by atoms with van der Waals surface area (Å²) < 4.78 is 35.6. The monoisotopic (exact) mass is 677 g/mol. The van der Waals surface area contributed by atoms with Gasteiger partial charge in [-0.1, -0.05) is 68.5 Å². The summed E-state index contributed by atoms with van der Waals surface area (Å²) in [4.78, 5) is 2.38. The Morgan fingerprint density at radius 3 is 1.94 bits per heavy atom. The second-order valence-corrected chi connectivity index (χ2v) is 13.0. The largest absolute Gasteiger partial charge is 0.394 e. The number of para-hydroxylation sites is 2. The first-order chi connectivity index (χ1) is 23.8. The predicted octanol–water partition coefficient (Wildman–Crippen LogP) is 5.58. The first-order valence-corrected chi connectivity index (χ1v) is 17.5. The highest BCUT2D eigenvalue weighted by Crippen LogP contribution is 2.47. The molecule has 0 radical (unpaired) electrons. The third-order valence-corrected chi connectivity index (χ3v) is 9.03. The van der Waals surface area contributed by atoms with Crippen molar-refractivity contribution in [2.24, 2.45) is 0 Å². The number of anilines is 1. The average molecular weight is 678 g/mol. The van der Waals surface area contributed by atoms with Crippen LogP contribution in [0.25, 0.3) is 0 Å². The van der Waals surface area contributed by atoms with Crippen LogP contribution in [0.3, 0.4) is 0 Å². The second-order valence-electron chi connectivity index (χ2n) is 13.0. The van der Waals surface area contributed by atoms with E-state index in [4.69, 9.17) is 33.5 Å². The van der Waals surface area contributed by atoms with Gasteiger partial charge in [-0.25, -0.2) is 0 Å². The van der Waals surface area contributed by atoms with Crippen LogP contribution in [0, 0.1) is 0 Å². The summed E-state index contributed by atoms with van der Waals surface area (Å²) in [6, 6.07) is 17.3. The molecule has 0 aliphatic carbocycles. The second kappa shape index (κ2) is 19.9. The highest BCUT2D eigenvalue weighted by atomic mass is 16.6. The van der Waals surface area contributed by atoms with Crippen molar-refractivity contribution in [1.82, 2.24) is 0 Å². The van der Waals surface area contributed by atoms with E-state index in [1.807, 2.05) is 0 Å². The molecule has 0 amide bonds. The SMILES string of the molecule is COCCOCCOCCOCCN1/C(=C/C=C/C=C/C2=[N+](CCOCCOCCO)c3ccccc3C2(C)C)C(C)(C)c2ccccc21. The van der Waals surface area contributed by atoms with Crippen molar-refractivity contribution in [3.8, 4) is 0 Å². The Balaban J connectivity index is 1.39. The van der Waals surface area contributed by atoms with Gasteiger partial charge in [-0.3, -0.25) is 0 Å². The Hall–Kier alpha value is -3.15. The van der Waals surface area contributed by atoms with E-state index >= 15 is 0 Å². The number of nitrogens with zero attached hydrogens (tertiary/aromatic N) is 2. The third kappa shape index (κ3) is 10.4. The highest BCUT2D eigenvalue weighted by Gasteiger charge is 2.44. The standard InChI is InChI=1S/C40H57N2O7/c1-39(2)33-13-9-11-15-35(33)41(19-22-45-27-29-47-24-21-43)37(39)17-7-6-8-18-38-40(3,4)34-14-10-12-16-36(34)42(38)20-23-46-28-30-49-32-31-48-26-25-44-5/h6-18,43H,19-32H2,1-5H3/q+1. The van der Waals surface area contributed by atoms with Crippen molar-refractivity contribution in [2.45, 2.75) is 38.5 Å². The minimum absolute atomic E-state index is 0.0265. The lowest BCUT2D eigenvalue weighted by Crippen LogP contribution is -2.29. The minimum atomic E-state index is -0.140. The van der Waals surface area contributed by atoms with E-state index < -0.39 is 0 Å². The molecular weight excluding hydrogens is 620 g/mol. The van der Waals surface area contributed by atoms with Crippen molar-refractivity contribution >= 4 is 17.1 Å². The first kappa shape index (κ1) is 38.6. The van der Waals surface area contributed by atoms with Crippen LogP contribution in [0.4, 0.5) is 11.4 Å². The van der Waals surface area contributed by atoms with E-state index in [0.717, 1.165) is 13.1 Å². The van der Waals surface area contributed by atoms with Gasteiger partial charge in [-0.2, -0.15) is 4.58 Å². The van der Waals surface area contributed by atoms with E-state index in [1.54, 1.807) is 7.11 Å². The molecule has 2 aliphatic rings. The average Bonchev–Trinajstić information content (AvgIpc) is 3.45. The summed E-state index contributed by atoms with van der Waals surface area (Å²) >= 11 is 0. The molecule has 2 heterocycles. The van der Waals surface area contributed by atoms with Crippen molar-refractivity contribution in [2.75, 3.05) is 104 Å². The van der Waals surface area contributed by atoms with E-state index in [0.29, 0.717) is 72.7 Å². The number of hydrogen-bond donors (Lipinski definition) is 1. The molecule has 49 heavy (non-hydrogen) atoms. The molecule has 2 aromatic rings. The van der Waals surface area contributed by atoms with Gasteiger partial charge in [0.25, 0.3) is 0 Å². The summed E-state index contributed by atoms with van der Waals surface area (Å²) in [7, 11) is 1.66. The highest BCUT2D eigenvalue weighted by molar-refractivity contribution is 6.03. The van der Waals surface area contributed by atoms with Gasteiger partial charge in [0.2, 0.25) is 5.69 Å². The molecule has 0 spiro atoms. The maximum absolute atomic E-state index is 8.90. The lowest BCUT2D eigenvalue weighted by molar-refractivity contribution is -0.442. The van der Waals surface area contributed by atoms with Gasteiger partial charge in [-0.15, -0.1) is 0 Å². The Labute approximate surface area is 293 Å². The summed E-state index contributed by atoms with van der Waals surface area (Å²) in [5.74, 6) is 0. The predicted molar refractivity (Wildman–Crippen MR) is 195 cm³/mol. The topological polar surface area (TPSA) is 81.9 Å². The zero-order valence-electron chi connectivity index (χ0n) is 30.2. The number of aliphatic hydroxyl groups excluding tert-OH is 1. The minimum Gasteiger partial charge on any atom is -0.394 e. The van der Waals surface area contributed by atoms with Gasteiger partial charge in [-0.05, 0) is 31.6 Å². The fourth-order valence-electron chi connectivity index (χ4n) is 6.50. The Bertz CT molecular complexity index is 1430. The fraction of sp³-hybridized carbons (Fsp3) is 0.525. The lowest BCUT2D eigenvalue weighted by atomic mass is 9.81. The summed E-state index contributed by atoms with van der Waals surface area (Å²) in [6.45, 7) is 16.5. The molecule has 4 rings (SSSR count). The van der Waals surface area contributed by atoms with Crippen molar-refractivity contribution in [3.05, 3.63) is 95.7 Å². The maximum atomic E-state index is 8.90. The van der Waals surface area contributed by atoms with Crippen molar-refractivity contribution in [3.63, 3.8) is 0 Å². The molecule has 2 aliphatic heterocycles. The number of benzene rings is 2. The van der Waals surface area contributed by atoms with Crippen LogP contribution < -0.4 is 4.90 Å². The molecule has 0 bridgehead atoms. The number of hydrogen-bond acceptors (Lipinski definition) is 8. The fourth-order valence-corrected chi connectivity index (χ4v) is 6.50. The maximum Gasteiger partial charge on any atom is 0.209 e. The van der Waals surface area contributed by atoms with Crippen LogP contribution in [-0.4, -0.2) is 115 Å². The summed E-state index contributed by atoms with van der Waals surface area (Å²) in [5.41, 5.74) is 7.29. The van der Waals surface area contributed by atoms with Gasteiger partial charge >= 0.3 is 0 Å². The molecule has 0 unspecified atom stereocenters. The Morgan fingerprint density at radius 1 is 0.653 bits per heavy atom. The van der Waals surface area contributed by atoms with Crippen LogP contribution in [-0.2, 0) is 39.3 Å². The molecule has 0 saturated carbocycles. The normalized spacial score (nSPS) is 17.3. The molecule has 1 N–H and O–H groups in total. The lowest BCUT2D eigenvalue weighted by Gasteiger charge is -2.27. The quantitative estimate of drug-likeness (QED) is 0.0929. The van der Waals surface area contributed by atoms with Gasteiger partial charge in [0.05, 0.1) is 78.1 Å². The molecule has 0 saturated heterocycles. The van der Waals surface area contributed by atoms with Crippen molar-refractivity contribution < 1.29 is 38.1 Å². The van der Waals surface area contributed by atoms with Crippen LogP contribution in [0.1, 0.15) is 38.8 Å². The zero-order valence-corrected chi connectivity index (χ0v) is 30.2. The van der Waals surface area contributed by atoms with E-state index in [2.05, 4.69) is 116 Å².